The lowest BCUT2D eigenvalue weighted by molar-refractivity contribution is -0.127. The maximum absolute atomic E-state index is 12.2. The summed E-state index contributed by atoms with van der Waals surface area (Å²) in [6.45, 7) is 7.82. The third-order valence-corrected chi connectivity index (χ3v) is 4.68. The molecule has 2 unspecified atom stereocenters. The Bertz CT molecular complexity index is 291. The Morgan fingerprint density at radius 2 is 1.89 bits per heavy atom. The van der Waals surface area contributed by atoms with Crippen LogP contribution < -0.4 is 10.6 Å². The molecule has 3 heteroatoms. The van der Waals surface area contributed by atoms with Gasteiger partial charge >= 0.3 is 0 Å². The van der Waals surface area contributed by atoms with Crippen molar-refractivity contribution < 1.29 is 4.79 Å². The van der Waals surface area contributed by atoms with E-state index in [1.54, 1.807) is 0 Å². The molecule has 0 aromatic carbocycles. The number of amides is 1. The largest absolute Gasteiger partial charge is 0.353 e. The fourth-order valence-electron chi connectivity index (χ4n) is 3.23. The maximum atomic E-state index is 12.2. The van der Waals surface area contributed by atoms with E-state index in [2.05, 4.69) is 31.4 Å². The van der Waals surface area contributed by atoms with Gasteiger partial charge in [0.25, 0.3) is 0 Å². The Balaban J connectivity index is 1.77. The van der Waals surface area contributed by atoms with Crippen molar-refractivity contribution in [3.8, 4) is 0 Å². The number of hydrogen-bond donors (Lipinski definition) is 2. The molecule has 1 saturated heterocycles. The molecule has 2 aliphatic rings. The van der Waals surface area contributed by atoms with Gasteiger partial charge in [-0.1, -0.05) is 13.8 Å². The number of nitrogens with one attached hydrogen (secondary N) is 2. The molecule has 2 rings (SSSR count). The molecule has 18 heavy (non-hydrogen) atoms. The van der Waals surface area contributed by atoms with Crippen molar-refractivity contribution in [2.45, 2.75) is 71.4 Å². The van der Waals surface area contributed by atoms with E-state index < -0.39 is 0 Å². The third kappa shape index (κ3) is 3.71. The van der Waals surface area contributed by atoms with Crippen LogP contribution >= 0.6 is 0 Å². The van der Waals surface area contributed by atoms with Gasteiger partial charge < -0.3 is 10.6 Å². The predicted octanol–water partition coefficient (Wildman–Crippen LogP) is 2.46. The topological polar surface area (TPSA) is 41.1 Å². The molecule has 0 aromatic rings. The van der Waals surface area contributed by atoms with Crippen molar-refractivity contribution in [1.29, 1.82) is 0 Å². The second-order valence-corrected chi connectivity index (χ2v) is 7.02. The highest BCUT2D eigenvalue weighted by molar-refractivity contribution is 5.79. The van der Waals surface area contributed by atoms with Gasteiger partial charge in [0.05, 0.1) is 0 Å². The second kappa shape index (κ2) is 5.60. The van der Waals surface area contributed by atoms with Crippen LogP contribution in [0.15, 0.2) is 0 Å². The lowest BCUT2D eigenvalue weighted by Crippen LogP contribution is -2.46. The van der Waals surface area contributed by atoms with Crippen LogP contribution in [0.2, 0.25) is 0 Å². The van der Waals surface area contributed by atoms with Crippen molar-refractivity contribution in [2.24, 2.45) is 11.3 Å². The summed E-state index contributed by atoms with van der Waals surface area (Å²) < 4.78 is 0. The number of hydrogen-bond acceptors (Lipinski definition) is 2. The molecule has 3 nitrogen and oxygen atoms in total. The fraction of sp³-hybridized carbons (Fsp3) is 0.933. The summed E-state index contributed by atoms with van der Waals surface area (Å²) in [7, 11) is 0. The van der Waals surface area contributed by atoms with Gasteiger partial charge in [0.2, 0.25) is 5.91 Å². The molecule has 1 heterocycles. The van der Waals surface area contributed by atoms with E-state index in [9.17, 15) is 4.79 Å². The fourth-order valence-corrected chi connectivity index (χ4v) is 3.23. The maximum Gasteiger partial charge on any atom is 0.223 e. The number of rotatable bonds is 2. The van der Waals surface area contributed by atoms with Gasteiger partial charge in [0.15, 0.2) is 0 Å². The highest BCUT2D eigenvalue weighted by Crippen LogP contribution is 2.35. The molecule has 0 spiro atoms. The first-order valence-electron chi connectivity index (χ1n) is 7.50. The standard InChI is InChI=1S/C15H28N2O/c1-11-10-12(6-9-16-11)14(18)17-13-4-7-15(2,3)8-5-13/h11-13,16H,4-10H2,1-3H3,(H,17,18). The minimum atomic E-state index is 0.233. The van der Waals surface area contributed by atoms with Gasteiger partial charge in [-0.3, -0.25) is 4.79 Å². The second-order valence-electron chi connectivity index (χ2n) is 7.02. The molecule has 2 N–H and O–H groups in total. The molecule has 1 amide bonds. The molecule has 0 radical (unpaired) electrons. The van der Waals surface area contributed by atoms with Crippen molar-refractivity contribution in [2.75, 3.05) is 6.54 Å². The molecule has 0 bridgehead atoms. The van der Waals surface area contributed by atoms with Gasteiger partial charge in [0, 0.05) is 18.0 Å². The zero-order valence-electron chi connectivity index (χ0n) is 12.1. The third-order valence-electron chi connectivity index (χ3n) is 4.68. The summed E-state index contributed by atoms with van der Waals surface area (Å²) in [6.07, 6.45) is 6.76. The normalized spacial score (nSPS) is 33.1. The van der Waals surface area contributed by atoms with Gasteiger partial charge in [-0.05, 0) is 57.4 Å². The summed E-state index contributed by atoms with van der Waals surface area (Å²) in [5, 5.41) is 6.68. The van der Waals surface area contributed by atoms with Crippen LogP contribution in [0.4, 0.5) is 0 Å². The zero-order chi connectivity index (χ0) is 13.2. The minimum absolute atomic E-state index is 0.233. The van der Waals surface area contributed by atoms with E-state index in [-0.39, 0.29) is 5.92 Å². The average molecular weight is 252 g/mol. The first-order valence-corrected chi connectivity index (χ1v) is 7.50. The quantitative estimate of drug-likeness (QED) is 0.792. The van der Waals surface area contributed by atoms with E-state index >= 15 is 0 Å². The van der Waals surface area contributed by atoms with Crippen LogP contribution in [0.5, 0.6) is 0 Å². The van der Waals surface area contributed by atoms with Gasteiger partial charge in [-0.25, -0.2) is 0 Å². The summed E-state index contributed by atoms with van der Waals surface area (Å²) >= 11 is 0. The van der Waals surface area contributed by atoms with Crippen molar-refractivity contribution in [3.63, 3.8) is 0 Å². The molecular weight excluding hydrogens is 224 g/mol. The van der Waals surface area contributed by atoms with E-state index in [1.807, 2.05) is 0 Å². The Labute approximate surface area is 111 Å². The molecule has 2 atom stereocenters. The monoisotopic (exact) mass is 252 g/mol. The van der Waals surface area contributed by atoms with E-state index in [0.29, 0.717) is 23.4 Å². The highest BCUT2D eigenvalue weighted by Gasteiger charge is 2.30. The summed E-state index contributed by atoms with van der Waals surface area (Å²) in [5.41, 5.74) is 0.477. The molecule has 1 aliphatic heterocycles. The Morgan fingerprint density at radius 1 is 1.22 bits per heavy atom. The Morgan fingerprint density at radius 3 is 2.50 bits per heavy atom. The van der Waals surface area contributed by atoms with Gasteiger partial charge in [0.1, 0.15) is 0 Å². The summed E-state index contributed by atoms with van der Waals surface area (Å²) in [4.78, 5) is 12.2. The average Bonchev–Trinajstić information content (AvgIpc) is 2.32. The van der Waals surface area contributed by atoms with Crippen molar-refractivity contribution in [1.82, 2.24) is 10.6 Å². The SMILES string of the molecule is CC1CC(C(=O)NC2CCC(C)(C)CC2)CCN1. The van der Waals surface area contributed by atoms with Crippen LogP contribution in [-0.2, 0) is 4.79 Å². The molecular formula is C15H28N2O. The predicted molar refractivity (Wildman–Crippen MR) is 74.4 cm³/mol. The number of piperidine rings is 1. The Hall–Kier alpha value is -0.570. The van der Waals surface area contributed by atoms with E-state index in [1.165, 1.54) is 12.8 Å². The lowest BCUT2D eigenvalue weighted by Gasteiger charge is -2.36. The molecule has 104 valence electrons. The van der Waals surface area contributed by atoms with E-state index in [4.69, 9.17) is 0 Å². The zero-order valence-corrected chi connectivity index (χ0v) is 12.1. The van der Waals surface area contributed by atoms with Crippen LogP contribution in [0.1, 0.15) is 59.3 Å². The summed E-state index contributed by atoms with van der Waals surface area (Å²) in [5.74, 6) is 0.532. The van der Waals surface area contributed by atoms with Crippen LogP contribution in [-0.4, -0.2) is 24.5 Å². The van der Waals surface area contributed by atoms with Gasteiger partial charge in [-0.2, -0.15) is 0 Å². The lowest BCUT2D eigenvalue weighted by atomic mass is 9.75. The molecule has 1 saturated carbocycles. The van der Waals surface area contributed by atoms with Crippen LogP contribution in [0, 0.1) is 11.3 Å². The van der Waals surface area contributed by atoms with Crippen LogP contribution in [0.3, 0.4) is 0 Å². The molecule has 0 aromatic heterocycles. The van der Waals surface area contributed by atoms with Crippen molar-refractivity contribution in [3.05, 3.63) is 0 Å². The first-order chi connectivity index (χ1) is 8.46. The molecule has 2 fully saturated rings. The first kappa shape index (κ1) is 13.9. The smallest absolute Gasteiger partial charge is 0.223 e. The van der Waals surface area contributed by atoms with Crippen molar-refractivity contribution >= 4 is 5.91 Å². The van der Waals surface area contributed by atoms with E-state index in [0.717, 1.165) is 32.2 Å². The minimum Gasteiger partial charge on any atom is -0.353 e. The van der Waals surface area contributed by atoms with Gasteiger partial charge in [-0.15, -0.1) is 0 Å². The molecule has 1 aliphatic carbocycles. The summed E-state index contributed by atoms with van der Waals surface area (Å²) in [6, 6.07) is 0.913. The van der Waals surface area contributed by atoms with Crippen LogP contribution in [0.25, 0.3) is 0 Å². The number of carbonyl (C=O) groups excluding carboxylic acids is 1. The number of carbonyl (C=O) groups is 1. The Kier molecular flexibility index (Phi) is 4.31. The highest BCUT2D eigenvalue weighted by atomic mass is 16.1.